The molecular weight excluding hydrogens is 302 g/mol. The van der Waals surface area contributed by atoms with E-state index in [0.29, 0.717) is 19.6 Å². The Balaban J connectivity index is 1.45. The number of piperazine rings is 1. The van der Waals surface area contributed by atoms with Crippen LogP contribution in [0.3, 0.4) is 0 Å². The highest BCUT2D eigenvalue weighted by Gasteiger charge is 2.26. The molecule has 0 atom stereocenters. The van der Waals surface area contributed by atoms with E-state index >= 15 is 0 Å². The zero-order chi connectivity index (χ0) is 16.5. The van der Waals surface area contributed by atoms with Gasteiger partial charge in [0.25, 0.3) is 0 Å². The van der Waals surface area contributed by atoms with Crippen LogP contribution < -0.4 is 4.90 Å². The summed E-state index contributed by atoms with van der Waals surface area (Å²) in [4.78, 5) is 21.1. The van der Waals surface area contributed by atoms with Gasteiger partial charge in [0, 0.05) is 38.3 Å². The number of fused-ring (bicyclic) bond motifs is 1. The van der Waals surface area contributed by atoms with Gasteiger partial charge in [0.15, 0.2) is 0 Å². The zero-order valence-electron chi connectivity index (χ0n) is 13.6. The first-order chi connectivity index (χ1) is 11.7. The molecule has 0 unspecified atom stereocenters. The smallest absolute Gasteiger partial charge is 0.241 e. The Morgan fingerprint density at radius 3 is 2.79 bits per heavy atom. The summed E-state index contributed by atoms with van der Waals surface area (Å²) < 4.78 is 1.72. The fraction of sp³-hybridized carbons (Fsp3) is 0.278. The Kier molecular flexibility index (Phi) is 3.74. The van der Waals surface area contributed by atoms with Crippen LogP contribution in [-0.4, -0.2) is 45.2 Å². The summed E-state index contributed by atoms with van der Waals surface area (Å²) in [6.07, 6.45) is 3.61. The summed E-state index contributed by atoms with van der Waals surface area (Å²) in [5.74, 6) is 0.107. The van der Waals surface area contributed by atoms with E-state index in [0.717, 1.165) is 28.8 Å². The average molecular weight is 321 g/mol. The number of amides is 1. The van der Waals surface area contributed by atoms with Gasteiger partial charge in [0.2, 0.25) is 5.91 Å². The topological polar surface area (TPSA) is 54.3 Å². The maximum Gasteiger partial charge on any atom is 0.241 e. The summed E-state index contributed by atoms with van der Waals surface area (Å²) in [6, 6.07) is 12.2. The molecule has 3 heterocycles. The van der Waals surface area contributed by atoms with Crippen molar-refractivity contribution in [2.45, 2.75) is 6.54 Å². The normalized spacial score (nSPS) is 16.0. The third-order valence-corrected chi connectivity index (χ3v) is 4.34. The number of carbonyl (C=O) groups is 1. The highest BCUT2D eigenvalue weighted by atomic mass is 16.2. The van der Waals surface area contributed by atoms with E-state index in [9.17, 15) is 4.79 Å². The summed E-state index contributed by atoms with van der Waals surface area (Å²) in [5.41, 5.74) is 2.86. The number of hydrogen-bond acceptors (Lipinski definition) is 4. The molecule has 24 heavy (non-hydrogen) atoms. The van der Waals surface area contributed by atoms with Crippen molar-refractivity contribution in [1.29, 1.82) is 0 Å². The molecule has 2 aromatic heterocycles. The second-order valence-electron chi connectivity index (χ2n) is 6.12. The molecule has 6 nitrogen and oxygen atoms in total. The lowest BCUT2D eigenvalue weighted by atomic mass is 10.2. The van der Waals surface area contributed by atoms with Gasteiger partial charge in [-0.3, -0.25) is 19.4 Å². The van der Waals surface area contributed by atoms with Crippen LogP contribution in [0.5, 0.6) is 0 Å². The van der Waals surface area contributed by atoms with Crippen molar-refractivity contribution in [3.05, 3.63) is 54.5 Å². The standard InChI is InChI=1S/C18H19N5O/c1-21-12-16(10-19-21)23-9-8-22(13-18(23)24)11-15-7-6-14-4-2-3-5-17(14)20-15/h2-7,10,12H,8-9,11,13H2,1H3. The molecule has 0 aliphatic carbocycles. The Bertz CT molecular complexity index is 888. The second-order valence-corrected chi connectivity index (χ2v) is 6.12. The quantitative estimate of drug-likeness (QED) is 0.738. The molecule has 1 aromatic carbocycles. The molecule has 0 spiro atoms. The van der Waals surface area contributed by atoms with Gasteiger partial charge >= 0.3 is 0 Å². The fourth-order valence-electron chi connectivity index (χ4n) is 3.10. The number of carbonyl (C=O) groups excluding carboxylic acids is 1. The van der Waals surface area contributed by atoms with Gasteiger partial charge in [-0.25, -0.2) is 0 Å². The van der Waals surface area contributed by atoms with Crippen LogP contribution in [0.15, 0.2) is 48.8 Å². The van der Waals surface area contributed by atoms with Crippen LogP contribution in [0.25, 0.3) is 10.9 Å². The van der Waals surface area contributed by atoms with Gasteiger partial charge < -0.3 is 4.90 Å². The highest BCUT2D eigenvalue weighted by Crippen LogP contribution is 2.18. The molecular formula is C18H19N5O. The van der Waals surface area contributed by atoms with E-state index in [4.69, 9.17) is 4.98 Å². The maximum atomic E-state index is 12.4. The van der Waals surface area contributed by atoms with E-state index in [1.807, 2.05) is 37.5 Å². The Hall–Kier alpha value is -2.73. The van der Waals surface area contributed by atoms with Gasteiger partial charge in [-0.05, 0) is 12.1 Å². The van der Waals surface area contributed by atoms with Crippen molar-refractivity contribution >= 4 is 22.5 Å². The predicted octanol–water partition coefficient (Wildman–Crippen LogP) is 1.82. The molecule has 1 saturated heterocycles. The molecule has 4 rings (SSSR count). The van der Waals surface area contributed by atoms with Crippen LogP contribution in [-0.2, 0) is 18.4 Å². The fourth-order valence-corrected chi connectivity index (χ4v) is 3.10. The minimum absolute atomic E-state index is 0.107. The third kappa shape index (κ3) is 2.88. The first kappa shape index (κ1) is 14.8. The Morgan fingerprint density at radius 1 is 1.12 bits per heavy atom. The number of para-hydroxylation sites is 1. The number of benzene rings is 1. The van der Waals surface area contributed by atoms with Gasteiger partial charge in [-0.2, -0.15) is 5.10 Å². The van der Waals surface area contributed by atoms with E-state index in [-0.39, 0.29) is 5.91 Å². The zero-order valence-corrected chi connectivity index (χ0v) is 13.6. The van der Waals surface area contributed by atoms with Gasteiger partial charge in [0.05, 0.1) is 29.6 Å². The second kappa shape index (κ2) is 6.05. The molecule has 1 amide bonds. The summed E-state index contributed by atoms with van der Waals surface area (Å²) in [7, 11) is 1.86. The van der Waals surface area contributed by atoms with Crippen molar-refractivity contribution < 1.29 is 4.79 Å². The van der Waals surface area contributed by atoms with Crippen LogP contribution in [0.2, 0.25) is 0 Å². The number of aryl methyl sites for hydroxylation is 1. The van der Waals surface area contributed by atoms with Crippen LogP contribution >= 0.6 is 0 Å². The van der Waals surface area contributed by atoms with Gasteiger partial charge in [-0.1, -0.05) is 24.3 Å². The van der Waals surface area contributed by atoms with E-state index in [2.05, 4.69) is 22.1 Å². The molecule has 0 radical (unpaired) electrons. The monoisotopic (exact) mass is 321 g/mol. The largest absolute Gasteiger partial charge is 0.307 e. The SMILES string of the molecule is Cn1cc(N2CCN(Cc3ccc4ccccc4n3)CC2=O)cn1. The number of nitrogens with zero attached hydrogens (tertiary/aromatic N) is 5. The first-order valence-corrected chi connectivity index (χ1v) is 8.05. The first-order valence-electron chi connectivity index (χ1n) is 8.05. The lowest BCUT2D eigenvalue weighted by Gasteiger charge is -2.33. The Labute approximate surface area is 140 Å². The van der Waals surface area contributed by atoms with Crippen LogP contribution in [0, 0.1) is 0 Å². The van der Waals surface area contributed by atoms with E-state index in [1.54, 1.807) is 15.8 Å². The maximum absolute atomic E-state index is 12.4. The molecule has 0 saturated carbocycles. The molecule has 122 valence electrons. The molecule has 0 N–H and O–H groups in total. The number of pyridine rings is 1. The van der Waals surface area contributed by atoms with Gasteiger partial charge in [-0.15, -0.1) is 0 Å². The molecule has 1 aliphatic rings. The van der Waals surface area contributed by atoms with Crippen molar-refractivity contribution in [2.75, 3.05) is 24.5 Å². The van der Waals surface area contributed by atoms with Crippen molar-refractivity contribution in [2.24, 2.45) is 7.05 Å². The molecule has 1 aliphatic heterocycles. The third-order valence-electron chi connectivity index (χ3n) is 4.34. The van der Waals surface area contributed by atoms with Crippen molar-refractivity contribution in [1.82, 2.24) is 19.7 Å². The van der Waals surface area contributed by atoms with Crippen LogP contribution in [0.4, 0.5) is 5.69 Å². The minimum atomic E-state index is 0.107. The van der Waals surface area contributed by atoms with E-state index < -0.39 is 0 Å². The average Bonchev–Trinajstić information content (AvgIpc) is 3.01. The summed E-state index contributed by atoms with van der Waals surface area (Å²) in [5, 5.41) is 5.28. The minimum Gasteiger partial charge on any atom is -0.307 e. The number of hydrogen-bond donors (Lipinski definition) is 0. The van der Waals surface area contributed by atoms with Crippen molar-refractivity contribution in [3.63, 3.8) is 0 Å². The Morgan fingerprint density at radius 2 is 2.00 bits per heavy atom. The predicted molar refractivity (Wildman–Crippen MR) is 92.6 cm³/mol. The van der Waals surface area contributed by atoms with Crippen molar-refractivity contribution in [3.8, 4) is 0 Å². The lowest BCUT2D eigenvalue weighted by molar-refractivity contribution is -0.121. The summed E-state index contributed by atoms with van der Waals surface area (Å²) >= 11 is 0. The number of aromatic nitrogens is 3. The lowest BCUT2D eigenvalue weighted by Crippen LogP contribution is -2.50. The van der Waals surface area contributed by atoms with Gasteiger partial charge in [0.1, 0.15) is 0 Å². The molecule has 1 fully saturated rings. The molecule has 0 bridgehead atoms. The molecule has 6 heteroatoms. The highest BCUT2D eigenvalue weighted by molar-refractivity contribution is 5.95. The van der Waals surface area contributed by atoms with E-state index in [1.165, 1.54) is 0 Å². The van der Waals surface area contributed by atoms with Crippen LogP contribution in [0.1, 0.15) is 5.69 Å². The number of rotatable bonds is 3. The molecule has 3 aromatic rings. The summed E-state index contributed by atoms with van der Waals surface area (Å²) in [6.45, 7) is 2.61. The number of anilines is 1.